The number of nitrogens with zero attached hydrogens (tertiary/aromatic N) is 2. The van der Waals surface area contributed by atoms with Crippen LogP contribution in [0.3, 0.4) is 0 Å². The summed E-state index contributed by atoms with van der Waals surface area (Å²) in [4.78, 5) is 7.21. The summed E-state index contributed by atoms with van der Waals surface area (Å²) in [6.45, 7) is 19.1. The number of unbranched alkanes of at least 4 members (excludes halogenated alkanes) is 1. The molecule has 1 unspecified atom stereocenters. The largest absolute Gasteiger partial charge is 0.380 e. The predicted molar refractivity (Wildman–Crippen MR) is 137 cm³/mol. The van der Waals surface area contributed by atoms with Crippen molar-refractivity contribution in [2.75, 3.05) is 19.6 Å². The third-order valence-corrected chi connectivity index (χ3v) is 5.41. The summed E-state index contributed by atoms with van der Waals surface area (Å²) in [6.07, 6.45) is 16.7. The predicted octanol–water partition coefficient (Wildman–Crippen LogP) is 7.46. The molecule has 0 bridgehead atoms. The Hall–Kier alpha value is -1.87. The van der Waals surface area contributed by atoms with E-state index in [0.29, 0.717) is 5.92 Å². The van der Waals surface area contributed by atoms with E-state index in [2.05, 4.69) is 86.8 Å². The average Bonchev–Trinajstić information content (AvgIpc) is 2.75. The van der Waals surface area contributed by atoms with Crippen LogP contribution in [0.15, 0.2) is 60.5 Å². The Kier molecular flexibility index (Phi) is 14.7. The van der Waals surface area contributed by atoms with Gasteiger partial charge in [-0.15, -0.1) is 0 Å². The van der Waals surface area contributed by atoms with Gasteiger partial charge in [-0.2, -0.15) is 0 Å². The van der Waals surface area contributed by atoms with Crippen LogP contribution >= 0.6 is 0 Å². The normalized spacial score (nSPS) is 13.3. The molecule has 3 heteroatoms. The average molecular weight is 426 g/mol. The third-order valence-electron chi connectivity index (χ3n) is 5.41. The second-order valence-corrected chi connectivity index (χ2v) is 9.02. The van der Waals surface area contributed by atoms with Crippen molar-refractivity contribution in [3.05, 3.63) is 66.2 Å². The molecule has 31 heavy (non-hydrogen) atoms. The Morgan fingerprint density at radius 3 is 2.55 bits per heavy atom. The van der Waals surface area contributed by atoms with Crippen molar-refractivity contribution < 1.29 is 0 Å². The van der Waals surface area contributed by atoms with Crippen molar-refractivity contribution >= 4 is 0 Å². The molecule has 1 heterocycles. The second-order valence-electron chi connectivity index (χ2n) is 9.02. The molecule has 1 N–H and O–H groups in total. The first kappa shape index (κ1) is 27.2. The molecular formula is C28H47N3. The number of hydrogen-bond donors (Lipinski definition) is 1. The van der Waals surface area contributed by atoms with Crippen LogP contribution in [0.5, 0.6) is 0 Å². The van der Waals surface area contributed by atoms with Gasteiger partial charge in [-0.1, -0.05) is 70.6 Å². The van der Waals surface area contributed by atoms with E-state index in [-0.39, 0.29) is 6.04 Å². The number of rotatable bonds is 17. The molecule has 0 amide bonds. The molecule has 0 aliphatic rings. The second kappa shape index (κ2) is 16.8. The zero-order valence-corrected chi connectivity index (χ0v) is 20.9. The highest BCUT2D eigenvalue weighted by molar-refractivity contribution is 5.15. The summed E-state index contributed by atoms with van der Waals surface area (Å²) in [5.74, 6) is 0.606. The zero-order valence-electron chi connectivity index (χ0n) is 20.9. The number of hydrogen-bond acceptors (Lipinski definition) is 3. The molecule has 0 radical (unpaired) electrons. The van der Waals surface area contributed by atoms with Crippen molar-refractivity contribution in [1.29, 1.82) is 0 Å². The first-order chi connectivity index (χ1) is 15.0. The van der Waals surface area contributed by atoms with E-state index >= 15 is 0 Å². The maximum Gasteiger partial charge on any atom is 0.0716 e. The summed E-state index contributed by atoms with van der Waals surface area (Å²) in [5.41, 5.74) is 3.60. The monoisotopic (exact) mass is 425 g/mol. The van der Waals surface area contributed by atoms with Crippen molar-refractivity contribution in [1.82, 2.24) is 15.2 Å². The Balaban J connectivity index is 2.62. The van der Waals surface area contributed by atoms with Crippen LogP contribution < -0.4 is 5.32 Å². The first-order valence-electron chi connectivity index (χ1n) is 12.4. The fourth-order valence-electron chi connectivity index (χ4n) is 3.63. The summed E-state index contributed by atoms with van der Waals surface area (Å²) in [5, 5.41) is 3.67. The Morgan fingerprint density at radius 2 is 1.90 bits per heavy atom. The Bertz CT molecular complexity index is 645. The van der Waals surface area contributed by atoms with Crippen LogP contribution in [0.1, 0.15) is 91.3 Å². The van der Waals surface area contributed by atoms with Gasteiger partial charge in [0.25, 0.3) is 0 Å². The Morgan fingerprint density at radius 1 is 1.13 bits per heavy atom. The van der Waals surface area contributed by atoms with Gasteiger partial charge < -0.3 is 10.2 Å². The van der Waals surface area contributed by atoms with Crippen LogP contribution in [-0.4, -0.2) is 29.5 Å². The summed E-state index contributed by atoms with van der Waals surface area (Å²) in [7, 11) is 0. The number of nitrogens with one attached hydrogen (secondary N) is 1. The fraction of sp³-hybridized carbons (Fsp3) is 0.607. The fourth-order valence-corrected chi connectivity index (χ4v) is 3.63. The maximum absolute atomic E-state index is 4.61. The van der Waals surface area contributed by atoms with Crippen molar-refractivity contribution in [2.24, 2.45) is 5.92 Å². The minimum atomic E-state index is 0.171. The van der Waals surface area contributed by atoms with E-state index in [9.17, 15) is 0 Å². The van der Waals surface area contributed by atoms with Gasteiger partial charge in [-0.05, 0) is 83.1 Å². The zero-order chi connectivity index (χ0) is 22.9. The molecule has 1 rings (SSSR count). The number of pyridine rings is 1. The van der Waals surface area contributed by atoms with E-state index < -0.39 is 0 Å². The van der Waals surface area contributed by atoms with E-state index in [0.717, 1.165) is 43.6 Å². The van der Waals surface area contributed by atoms with Gasteiger partial charge in [-0.25, -0.2) is 0 Å². The van der Waals surface area contributed by atoms with Gasteiger partial charge >= 0.3 is 0 Å². The molecule has 1 aromatic rings. The number of allylic oxidation sites excluding steroid dienone is 4. The molecule has 0 saturated heterocycles. The first-order valence-corrected chi connectivity index (χ1v) is 12.4. The lowest BCUT2D eigenvalue weighted by molar-refractivity contribution is 0.266. The van der Waals surface area contributed by atoms with Crippen LogP contribution in [-0.2, 0) is 0 Å². The number of aromatic nitrogens is 1. The lowest BCUT2D eigenvalue weighted by Gasteiger charge is -2.23. The minimum Gasteiger partial charge on any atom is -0.380 e. The quantitative estimate of drug-likeness (QED) is 0.263. The molecular weight excluding hydrogens is 378 g/mol. The molecule has 3 nitrogen and oxygen atoms in total. The highest BCUT2D eigenvalue weighted by atomic mass is 15.1. The van der Waals surface area contributed by atoms with Gasteiger partial charge in [0.15, 0.2) is 0 Å². The minimum absolute atomic E-state index is 0.171. The molecule has 1 aromatic heterocycles. The van der Waals surface area contributed by atoms with Gasteiger partial charge in [0.2, 0.25) is 0 Å². The SMILES string of the molecule is C=C(CCCN(CCC)CCCC)NC(C/C=C(/C)C/C=C\C(C)C)c1ccccn1. The van der Waals surface area contributed by atoms with Crippen LogP contribution in [0, 0.1) is 5.92 Å². The summed E-state index contributed by atoms with van der Waals surface area (Å²) >= 11 is 0. The van der Waals surface area contributed by atoms with Crippen LogP contribution in [0.25, 0.3) is 0 Å². The molecule has 0 aromatic carbocycles. The smallest absolute Gasteiger partial charge is 0.0716 e. The maximum atomic E-state index is 4.61. The molecule has 174 valence electrons. The van der Waals surface area contributed by atoms with Crippen molar-refractivity contribution in [3.8, 4) is 0 Å². The molecule has 0 aliphatic carbocycles. The van der Waals surface area contributed by atoms with Gasteiger partial charge in [-0.3, -0.25) is 4.98 Å². The van der Waals surface area contributed by atoms with Crippen LogP contribution in [0.2, 0.25) is 0 Å². The molecule has 0 spiro atoms. The molecule has 0 saturated carbocycles. The standard InChI is InChI=1S/C28H47N3/c1-7-9-22-31(21-8-2)23-13-16-26(6)30-28(27-17-10-11-20-29-27)19-18-25(5)15-12-14-24(3)4/h10-12,14,17-18,20,24,28,30H,6-9,13,15-16,19,21-23H2,1-5H3/b14-12-,25-18-. The van der Waals surface area contributed by atoms with Gasteiger partial charge in [0.05, 0.1) is 11.7 Å². The van der Waals surface area contributed by atoms with E-state index in [1.165, 1.54) is 37.9 Å². The summed E-state index contributed by atoms with van der Waals surface area (Å²) < 4.78 is 0. The lowest BCUT2D eigenvalue weighted by Crippen LogP contribution is -2.27. The van der Waals surface area contributed by atoms with Gasteiger partial charge in [0.1, 0.15) is 0 Å². The molecule has 1 atom stereocenters. The topological polar surface area (TPSA) is 28.2 Å². The van der Waals surface area contributed by atoms with Crippen molar-refractivity contribution in [3.63, 3.8) is 0 Å². The molecule has 0 fully saturated rings. The van der Waals surface area contributed by atoms with Gasteiger partial charge in [0, 0.05) is 11.9 Å². The van der Waals surface area contributed by atoms with Crippen molar-refractivity contribution in [2.45, 2.75) is 85.6 Å². The van der Waals surface area contributed by atoms with E-state index in [4.69, 9.17) is 0 Å². The third kappa shape index (κ3) is 13.2. The molecule has 0 aliphatic heterocycles. The van der Waals surface area contributed by atoms with E-state index in [1.807, 2.05) is 12.3 Å². The van der Waals surface area contributed by atoms with Crippen LogP contribution in [0.4, 0.5) is 0 Å². The highest BCUT2D eigenvalue weighted by Crippen LogP contribution is 2.19. The highest BCUT2D eigenvalue weighted by Gasteiger charge is 2.12. The Labute approximate surface area is 192 Å². The van der Waals surface area contributed by atoms with E-state index in [1.54, 1.807) is 0 Å². The lowest BCUT2D eigenvalue weighted by atomic mass is 10.0. The summed E-state index contributed by atoms with van der Waals surface area (Å²) in [6, 6.07) is 6.33.